The first-order valence-corrected chi connectivity index (χ1v) is 13.1. The number of ether oxygens (including phenoxy) is 2. The molecule has 0 aliphatic carbocycles. The summed E-state index contributed by atoms with van der Waals surface area (Å²) in [5.41, 5.74) is 4.82. The zero-order chi connectivity index (χ0) is 26.7. The lowest BCUT2D eigenvalue weighted by Crippen LogP contribution is -2.42. The number of nitrogens with zero attached hydrogens (tertiary/aromatic N) is 2. The molecule has 6 atom stereocenters. The van der Waals surface area contributed by atoms with Gasteiger partial charge in [-0.25, -0.2) is 9.36 Å². The van der Waals surface area contributed by atoms with Crippen LogP contribution < -0.4 is 21.0 Å². The van der Waals surface area contributed by atoms with Crippen LogP contribution in [0.15, 0.2) is 47.4 Å². The minimum Gasteiger partial charge on any atom is -0.462 e. The Kier molecular flexibility index (Phi) is 8.81. The van der Waals surface area contributed by atoms with Gasteiger partial charge in [-0.05, 0) is 45.9 Å². The number of benzene rings is 1. The summed E-state index contributed by atoms with van der Waals surface area (Å²) in [5, 5.41) is 13.4. The van der Waals surface area contributed by atoms with E-state index in [2.05, 4.69) is 10.1 Å². The number of halogens is 1. The average Bonchev–Trinajstić information content (AvgIpc) is 3.01. The van der Waals surface area contributed by atoms with Crippen molar-refractivity contribution in [3.8, 4) is 5.75 Å². The van der Waals surface area contributed by atoms with E-state index in [4.69, 9.17) is 35.9 Å². The molecule has 0 unspecified atom stereocenters. The van der Waals surface area contributed by atoms with Gasteiger partial charge in [0.05, 0.1) is 12.7 Å². The third kappa shape index (κ3) is 6.64. The van der Waals surface area contributed by atoms with Crippen molar-refractivity contribution in [2.24, 2.45) is 0 Å². The van der Waals surface area contributed by atoms with Crippen molar-refractivity contribution in [1.82, 2.24) is 14.6 Å². The highest BCUT2D eigenvalue weighted by Crippen LogP contribution is 2.48. The van der Waals surface area contributed by atoms with Gasteiger partial charge in [0.1, 0.15) is 34.7 Å². The monoisotopic (exact) mass is 544 g/mol. The van der Waals surface area contributed by atoms with Crippen molar-refractivity contribution in [3.05, 3.63) is 53.1 Å². The Bertz CT molecular complexity index is 1160. The zero-order valence-electron chi connectivity index (χ0n) is 20.2. The van der Waals surface area contributed by atoms with Crippen molar-refractivity contribution in [2.45, 2.75) is 63.2 Å². The fraction of sp³-hybridized carbons (Fsp3) is 0.500. The molecule has 1 aromatic heterocycles. The number of aliphatic hydroxyl groups excluding tert-OH is 1. The number of nitrogen functional groups attached to an aromatic ring is 1. The molecule has 0 bridgehead atoms. The Hall–Kier alpha value is -2.47. The van der Waals surface area contributed by atoms with Crippen molar-refractivity contribution >= 4 is 31.1 Å². The number of aromatic nitrogens is 2. The van der Waals surface area contributed by atoms with E-state index in [9.17, 15) is 19.3 Å². The normalized spacial score (nSPS) is 26.4. The van der Waals surface area contributed by atoms with Gasteiger partial charge in [-0.3, -0.25) is 13.9 Å². The van der Waals surface area contributed by atoms with Gasteiger partial charge in [-0.2, -0.15) is 10.1 Å². The standard InChI is InChI=1S/C22H30ClN4O8P/c1-13(2)33-19(29)14(3)26-36(31,35-15-8-6-5-7-9-15)32-12-16-18(28)22(4,23)20(34-16)27-11-10-17(24)25-21(27)30/h5-11,13-14,16,18,20,28H,12H2,1-4H3,(H,26,31)(H2,24,25,30)/t14-,16+,18+,20+,22+,36+/m0/s1. The molecule has 0 spiro atoms. The first-order chi connectivity index (χ1) is 16.8. The average molecular weight is 545 g/mol. The SMILES string of the molecule is CC(C)OC(=O)[C@H](C)N[P@@](=O)(OC[C@H]1O[C@@H](n2ccc(N)nc2=O)[C@](C)(Cl)[C@@H]1O)Oc1ccccc1. The zero-order valence-corrected chi connectivity index (χ0v) is 21.9. The van der Waals surface area contributed by atoms with Gasteiger partial charge in [0.2, 0.25) is 0 Å². The highest BCUT2D eigenvalue weighted by Gasteiger charge is 2.54. The van der Waals surface area contributed by atoms with Crippen LogP contribution in [0, 0.1) is 0 Å². The maximum Gasteiger partial charge on any atom is 0.459 e. The summed E-state index contributed by atoms with van der Waals surface area (Å²) in [5.74, 6) is -0.433. The number of carbonyl (C=O) groups excluding carboxylic acids is 1. The van der Waals surface area contributed by atoms with Crippen LogP contribution >= 0.6 is 19.3 Å². The number of carbonyl (C=O) groups is 1. The van der Waals surface area contributed by atoms with Crippen LogP contribution in [0.4, 0.5) is 5.82 Å². The predicted octanol–water partition coefficient (Wildman–Crippen LogP) is 2.21. The molecule has 36 heavy (non-hydrogen) atoms. The summed E-state index contributed by atoms with van der Waals surface area (Å²) >= 11 is 6.55. The van der Waals surface area contributed by atoms with E-state index in [-0.39, 0.29) is 17.7 Å². The highest BCUT2D eigenvalue weighted by atomic mass is 35.5. The Morgan fingerprint density at radius 1 is 1.33 bits per heavy atom. The number of rotatable bonds is 10. The fourth-order valence-corrected chi connectivity index (χ4v) is 5.26. The van der Waals surface area contributed by atoms with Crippen molar-refractivity contribution in [3.63, 3.8) is 0 Å². The summed E-state index contributed by atoms with van der Waals surface area (Å²) in [6, 6.07) is 8.53. The van der Waals surface area contributed by atoms with Crippen LogP contribution in [0.3, 0.4) is 0 Å². The summed E-state index contributed by atoms with van der Waals surface area (Å²) in [7, 11) is -4.21. The molecule has 1 aromatic carbocycles. The number of aliphatic hydroxyl groups is 1. The van der Waals surface area contributed by atoms with Crippen molar-refractivity contribution in [1.29, 1.82) is 0 Å². The number of nitrogens with one attached hydrogen (secondary N) is 1. The van der Waals surface area contributed by atoms with Crippen molar-refractivity contribution < 1.29 is 33.0 Å². The molecule has 198 valence electrons. The number of hydrogen-bond acceptors (Lipinski definition) is 10. The smallest absolute Gasteiger partial charge is 0.459 e. The van der Waals surface area contributed by atoms with Crippen LogP contribution in [-0.2, 0) is 23.4 Å². The van der Waals surface area contributed by atoms with Crippen LogP contribution in [-0.4, -0.2) is 56.5 Å². The van der Waals surface area contributed by atoms with Crippen LogP contribution in [0.25, 0.3) is 0 Å². The number of alkyl halides is 1. The van der Waals surface area contributed by atoms with Gasteiger partial charge in [-0.15, -0.1) is 11.6 Å². The van der Waals surface area contributed by atoms with E-state index in [1.165, 1.54) is 26.1 Å². The number of nitrogens with two attached hydrogens (primary N) is 1. The molecule has 1 fully saturated rings. The van der Waals surface area contributed by atoms with Gasteiger partial charge in [-0.1, -0.05) is 18.2 Å². The lowest BCUT2D eigenvalue weighted by atomic mass is 10.0. The molecule has 1 aliphatic heterocycles. The first-order valence-electron chi connectivity index (χ1n) is 11.2. The van der Waals surface area contributed by atoms with E-state index in [0.717, 1.165) is 4.57 Å². The number of hydrogen-bond donors (Lipinski definition) is 3. The minimum atomic E-state index is -4.21. The second kappa shape index (κ2) is 11.3. The molecule has 2 aromatic rings. The molecule has 0 radical (unpaired) electrons. The molecule has 2 heterocycles. The van der Waals surface area contributed by atoms with E-state index in [1.54, 1.807) is 44.2 Å². The van der Waals surface area contributed by atoms with E-state index in [1.807, 2.05) is 0 Å². The number of para-hydroxylation sites is 1. The molecule has 12 nitrogen and oxygen atoms in total. The topological polar surface area (TPSA) is 164 Å². The Balaban J connectivity index is 1.79. The van der Waals surface area contributed by atoms with E-state index < -0.39 is 55.4 Å². The molecule has 0 amide bonds. The van der Waals surface area contributed by atoms with Gasteiger partial charge in [0, 0.05) is 6.20 Å². The summed E-state index contributed by atoms with van der Waals surface area (Å²) < 4.78 is 36.9. The Morgan fingerprint density at radius 3 is 2.61 bits per heavy atom. The van der Waals surface area contributed by atoms with Crippen LogP contribution in [0.5, 0.6) is 5.75 Å². The van der Waals surface area contributed by atoms with E-state index in [0.29, 0.717) is 0 Å². The van der Waals surface area contributed by atoms with Gasteiger partial charge in [0.15, 0.2) is 6.23 Å². The molecule has 14 heteroatoms. The molecule has 4 N–H and O–H groups in total. The second-order valence-corrected chi connectivity index (χ2v) is 11.2. The third-order valence-corrected chi connectivity index (χ3v) is 7.31. The molecular weight excluding hydrogens is 515 g/mol. The van der Waals surface area contributed by atoms with Gasteiger partial charge < -0.3 is 24.8 Å². The summed E-state index contributed by atoms with van der Waals surface area (Å²) in [6.07, 6.45) is -2.63. The largest absolute Gasteiger partial charge is 0.462 e. The maximum absolute atomic E-state index is 13.6. The highest BCUT2D eigenvalue weighted by molar-refractivity contribution is 7.52. The third-order valence-electron chi connectivity index (χ3n) is 5.26. The Labute approximate surface area is 213 Å². The number of esters is 1. The second-order valence-electron chi connectivity index (χ2n) is 8.70. The van der Waals surface area contributed by atoms with Gasteiger partial charge in [0.25, 0.3) is 0 Å². The fourth-order valence-electron chi connectivity index (χ4n) is 3.46. The Morgan fingerprint density at radius 2 is 2.00 bits per heavy atom. The van der Waals surface area contributed by atoms with Crippen LogP contribution in [0.1, 0.15) is 33.9 Å². The molecular formula is C22H30ClN4O8P. The van der Waals surface area contributed by atoms with Gasteiger partial charge >= 0.3 is 19.4 Å². The first kappa shape index (κ1) is 28.1. The maximum atomic E-state index is 13.6. The summed E-state index contributed by atoms with van der Waals surface area (Å²) in [4.78, 5) is 26.8. The van der Waals surface area contributed by atoms with Crippen LogP contribution in [0.2, 0.25) is 0 Å². The lowest BCUT2D eigenvalue weighted by molar-refractivity contribution is -0.149. The minimum absolute atomic E-state index is 0.0149. The van der Waals surface area contributed by atoms with Crippen molar-refractivity contribution in [2.75, 3.05) is 12.3 Å². The summed E-state index contributed by atoms with van der Waals surface area (Å²) in [6.45, 7) is 5.83. The quantitative estimate of drug-likeness (QED) is 0.228. The molecule has 1 saturated heterocycles. The molecule has 0 saturated carbocycles. The van der Waals surface area contributed by atoms with E-state index >= 15 is 0 Å². The number of anilines is 1. The predicted molar refractivity (Wildman–Crippen MR) is 132 cm³/mol. The lowest BCUT2D eigenvalue weighted by Gasteiger charge is -2.26. The molecule has 1 aliphatic rings. The molecule has 3 rings (SSSR count).